The lowest BCUT2D eigenvalue weighted by molar-refractivity contribution is 0.0716. The van der Waals surface area contributed by atoms with Crippen LogP contribution in [0.2, 0.25) is 0 Å². The van der Waals surface area contributed by atoms with E-state index < -0.39 is 9.71 Å². The normalized spacial score (nSPS) is 20.8. The van der Waals surface area contributed by atoms with Crippen LogP contribution in [0.4, 0.5) is 5.82 Å². The van der Waals surface area contributed by atoms with E-state index in [9.17, 15) is 9.32 Å². The lowest BCUT2D eigenvalue weighted by Gasteiger charge is -2.33. The molecule has 0 amide bonds. The molecule has 29 heavy (non-hydrogen) atoms. The quantitative estimate of drug-likeness (QED) is 0.537. The summed E-state index contributed by atoms with van der Waals surface area (Å²) in [5.41, 5.74) is 9.10. The Bertz CT molecular complexity index is 1170. The first-order valence-corrected chi connectivity index (χ1v) is 11.8. The molecule has 1 atom stereocenters. The second-order valence-corrected chi connectivity index (χ2v) is 10.6. The first-order valence-electron chi connectivity index (χ1n) is 9.22. The summed E-state index contributed by atoms with van der Waals surface area (Å²) in [4.78, 5) is 14.8. The molecule has 0 aliphatic heterocycles. The van der Waals surface area contributed by atoms with Crippen molar-refractivity contribution in [3.8, 4) is 21.8 Å². The van der Waals surface area contributed by atoms with Crippen LogP contribution in [-0.2, 0) is 9.71 Å². The molecule has 7 nitrogen and oxygen atoms in total. The lowest BCUT2D eigenvalue weighted by atomic mass is 9.91. The van der Waals surface area contributed by atoms with Crippen LogP contribution < -0.4 is 10.5 Å². The number of thiazole rings is 1. The first-order chi connectivity index (χ1) is 13.7. The number of benzene rings is 1. The number of nitrogens with one attached hydrogen (secondary N) is 1. The Labute approximate surface area is 174 Å². The van der Waals surface area contributed by atoms with Gasteiger partial charge in [0.25, 0.3) is 0 Å². The number of rotatable bonds is 5. The molecule has 9 heteroatoms. The molecule has 1 unspecified atom stereocenters. The van der Waals surface area contributed by atoms with E-state index in [0.29, 0.717) is 34.9 Å². The zero-order chi connectivity index (χ0) is 20.8. The largest absolute Gasteiger partial charge is 0.393 e. The number of hydrogen-bond donors (Lipinski definition) is 3. The van der Waals surface area contributed by atoms with Gasteiger partial charge in [-0.2, -0.15) is 0 Å². The molecule has 0 saturated heterocycles. The van der Waals surface area contributed by atoms with E-state index in [1.165, 1.54) is 11.3 Å². The molecule has 1 aliphatic rings. The fourth-order valence-electron chi connectivity index (χ4n) is 3.28. The summed E-state index contributed by atoms with van der Waals surface area (Å²) in [5.74, 6) is 4.25. The van der Waals surface area contributed by atoms with E-state index in [2.05, 4.69) is 20.6 Å². The monoisotopic (exact) mass is 429 g/mol. The fourth-order valence-corrected chi connectivity index (χ4v) is 5.52. The summed E-state index contributed by atoms with van der Waals surface area (Å²) in [6.45, 7) is 3.89. The molecule has 4 rings (SSSR count). The van der Waals surface area contributed by atoms with Gasteiger partial charge in [-0.25, -0.2) is 23.9 Å². The predicted octanol–water partition coefficient (Wildman–Crippen LogP) is 2.57. The van der Waals surface area contributed by atoms with Gasteiger partial charge in [-0.3, -0.25) is 0 Å². The van der Waals surface area contributed by atoms with Crippen LogP contribution in [0.1, 0.15) is 23.4 Å². The van der Waals surface area contributed by atoms with Crippen molar-refractivity contribution < 1.29 is 9.32 Å². The van der Waals surface area contributed by atoms with Crippen molar-refractivity contribution in [3.05, 3.63) is 41.2 Å². The molecule has 152 valence electrons. The number of nitrogens with two attached hydrogens (primary N) is 1. The zero-order valence-corrected chi connectivity index (χ0v) is 17.9. The molecule has 0 radical (unpaired) electrons. The van der Waals surface area contributed by atoms with Gasteiger partial charge in [0.2, 0.25) is 0 Å². The molecule has 1 fully saturated rings. The lowest BCUT2D eigenvalue weighted by Crippen LogP contribution is -2.46. The van der Waals surface area contributed by atoms with Crippen LogP contribution in [0.25, 0.3) is 21.8 Å². The van der Waals surface area contributed by atoms with Crippen molar-refractivity contribution in [3.63, 3.8) is 0 Å². The van der Waals surface area contributed by atoms with E-state index >= 15 is 0 Å². The number of nitrogen functional groups attached to an aromatic ring is 1. The Morgan fingerprint density at radius 2 is 2.03 bits per heavy atom. The van der Waals surface area contributed by atoms with Crippen molar-refractivity contribution in [2.75, 3.05) is 5.73 Å². The average molecular weight is 430 g/mol. The number of aliphatic hydroxyl groups is 1. The highest BCUT2D eigenvalue weighted by Gasteiger charge is 2.29. The Kier molecular flexibility index (Phi) is 5.16. The molecule has 3 aromatic rings. The Hall–Kier alpha value is -2.33. The molecule has 4 N–H and O–H groups in total. The minimum absolute atomic E-state index is 0.0113. The number of nitrogens with zero attached hydrogens (tertiary/aromatic N) is 3. The topological polar surface area (TPSA) is 114 Å². The van der Waals surface area contributed by atoms with Gasteiger partial charge in [0.1, 0.15) is 5.69 Å². The molecule has 1 saturated carbocycles. The summed E-state index contributed by atoms with van der Waals surface area (Å²) < 4.78 is 16.3. The molecule has 1 aromatic carbocycles. The third kappa shape index (κ3) is 4.04. The standard InChI is InChI=1S/C20H23N5O2S2/c1-11-4-5-15(29(3,27)25-13-6-14(26)7-13)8-16(11)17-9-23-20(21)19(24-17)18-10-22-12(2)28-18/h4-5,8-10,13-14,26H,3,6-7H2,1-2H3,(H2,21,23)(H,25,27). The fraction of sp³-hybridized carbons (Fsp3) is 0.300. The van der Waals surface area contributed by atoms with E-state index in [1.807, 2.05) is 32.0 Å². The third-order valence-corrected chi connectivity index (χ3v) is 7.64. The van der Waals surface area contributed by atoms with Crippen molar-refractivity contribution in [2.45, 2.75) is 43.7 Å². The van der Waals surface area contributed by atoms with Gasteiger partial charge in [-0.15, -0.1) is 11.3 Å². The van der Waals surface area contributed by atoms with E-state index in [0.717, 1.165) is 21.0 Å². The smallest absolute Gasteiger partial charge is 0.150 e. The molecule has 1 aliphatic carbocycles. The van der Waals surface area contributed by atoms with Gasteiger partial charge in [0.15, 0.2) is 5.82 Å². The van der Waals surface area contributed by atoms with E-state index in [1.54, 1.807) is 12.4 Å². The van der Waals surface area contributed by atoms with Crippen molar-refractivity contribution in [1.82, 2.24) is 19.7 Å². The molecule has 2 aromatic heterocycles. The van der Waals surface area contributed by atoms with Crippen LogP contribution in [0.15, 0.2) is 35.5 Å². The van der Waals surface area contributed by atoms with Crippen LogP contribution in [-0.4, -0.2) is 42.3 Å². The van der Waals surface area contributed by atoms with Crippen LogP contribution in [0, 0.1) is 13.8 Å². The summed E-state index contributed by atoms with van der Waals surface area (Å²) in [6, 6.07) is 5.57. The molecular weight excluding hydrogens is 406 g/mol. The minimum Gasteiger partial charge on any atom is -0.393 e. The summed E-state index contributed by atoms with van der Waals surface area (Å²) in [6.07, 6.45) is 4.22. The highest BCUT2D eigenvalue weighted by molar-refractivity contribution is 7.98. The maximum absolute atomic E-state index is 13.2. The molecule has 0 spiro atoms. The third-order valence-electron chi connectivity index (χ3n) is 4.99. The number of anilines is 1. The number of aromatic nitrogens is 3. The van der Waals surface area contributed by atoms with Crippen LogP contribution >= 0.6 is 11.3 Å². The van der Waals surface area contributed by atoms with Crippen molar-refractivity contribution in [2.24, 2.45) is 0 Å². The average Bonchev–Trinajstić information content (AvgIpc) is 3.07. The van der Waals surface area contributed by atoms with Crippen molar-refractivity contribution in [1.29, 1.82) is 0 Å². The number of aryl methyl sites for hydroxylation is 2. The zero-order valence-electron chi connectivity index (χ0n) is 16.3. The molecule has 2 heterocycles. The number of aliphatic hydroxyl groups excluding tert-OH is 1. The van der Waals surface area contributed by atoms with Gasteiger partial charge < -0.3 is 10.8 Å². The summed E-state index contributed by atoms with van der Waals surface area (Å²) >= 11 is 1.51. The highest BCUT2D eigenvalue weighted by atomic mass is 32.2. The van der Waals surface area contributed by atoms with Crippen LogP contribution in [0.5, 0.6) is 0 Å². The molecule has 0 bridgehead atoms. The number of hydrogen-bond acceptors (Lipinski definition) is 7. The predicted molar refractivity (Wildman–Crippen MR) is 118 cm³/mol. The van der Waals surface area contributed by atoms with Crippen molar-refractivity contribution >= 4 is 32.7 Å². The van der Waals surface area contributed by atoms with E-state index in [-0.39, 0.29) is 12.1 Å². The molecular formula is C20H23N5O2S2. The first kappa shape index (κ1) is 20.0. The van der Waals surface area contributed by atoms with Gasteiger partial charge in [-0.05, 0) is 50.3 Å². The minimum atomic E-state index is -2.70. The summed E-state index contributed by atoms with van der Waals surface area (Å²) in [7, 11) is -2.70. The van der Waals surface area contributed by atoms with Gasteiger partial charge in [0.05, 0.1) is 37.6 Å². The SMILES string of the molecule is C=S(=O)(NC1CC(O)C1)c1ccc(C)c(-c2cnc(N)c(-c3cnc(C)s3)n2)c1. The maximum atomic E-state index is 13.2. The Morgan fingerprint density at radius 3 is 2.69 bits per heavy atom. The Morgan fingerprint density at radius 1 is 1.28 bits per heavy atom. The van der Waals surface area contributed by atoms with E-state index in [4.69, 9.17) is 10.7 Å². The van der Waals surface area contributed by atoms with Gasteiger partial charge in [0, 0.05) is 22.7 Å². The summed E-state index contributed by atoms with van der Waals surface area (Å²) in [5, 5.41) is 10.4. The highest BCUT2D eigenvalue weighted by Crippen LogP contribution is 2.32. The second kappa shape index (κ2) is 7.49. The maximum Gasteiger partial charge on any atom is 0.150 e. The van der Waals surface area contributed by atoms with Gasteiger partial charge >= 0.3 is 0 Å². The van der Waals surface area contributed by atoms with Gasteiger partial charge in [-0.1, -0.05) is 6.07 Å². The van der Waals surface area contributed by atoms with Crippen LogP contribution in [0.3, 0.4) is 0 Å². The Balaban J connectivity index is 1.71. The second-order valence-electron chi connectivity index (χ2n) is 7.32.